The summed E-state index contributed by atoms with van der Waals surface area (Å²) in [6, 6.07) is 12.3. The van der Waals surface area contributed by atoms with Gasteiger partial charge in [-0.15, -0.1) is 0 Å². The van der Waals surface area contributed by atoms with Crippen LogP contribution < -0.4 is 14.8 Å². The van der Waals surface area contributed by atoms with Gasteiger partial charge in [0.15, 0.2) is 5.82 Å². The first-order chi connectivity index (χ1) is 21.1. The molecule has 3 aromatic rings. The molecule has 1 aliphatic heterocycles. The maximum atomic E-state index is 13.6. The molecular formula is C33H41N5O6. The van der Waals surface area contributed by atoms with Gasteiger partial charge in [-0.05, 0) is 70.7 Å². The summed E-state index contributed by atoms with van der Waals surface area (Å²) >= 11 is 0. The Bertz CT molecular complexity index is 1500. The van der Waals surface area contributed by atoms with Gasteiger partial charge in [0.2, 0.25) is 0 Å². The van der Waals surface area contributed by atoms with Gasteiger partial charge in [0.05, 0.1) is 25.5 Å². The molecule has 234 valence electrons. The van der Waals surface area contributed by atoms with Crippen LogP contribution in [0.2, 0.25) is 0 Å². The Hall–Kier alpha value is -4.67. The molecule has 2 aromatic carbocycles. The van der Waals surface area contributed by atoms with Crippen LogP contribution in [0.25, 0.3) is 11.4 Å². The summed E-state index contributed by atoms with van der Waals surface area (Å²) in [5.74, 6) is 1.19. The number of benzene rings is 2. The lowest BCUT2D eigenvalue weighted by molar-refractivity contribution is 0.0142. The molecule has 11 heteroatoms. The van der Waals surface area contributed by atoms with Crippen LogP contribution in [0.5, 0.6) is 11.5 Å². The first-order valence-electron chi connectivity index (χ1n) is 14.8. The third-order valence-corrected chi connectivity index (χ3v) is 7.65. The van der Waals surface area contributed by atoms with E-state index in [2.05, 4.69) is 15.3 Å². The summed E-state index contributed by atoms with van der Waals surface area (Å²) in [6.07, 6.45) is 6.16. The van der Waals surface area contributed by atoms with Crippen molar-refractivity contribution < 1.29 is 30.0 Å². The molecule has 1 saturated carbocycles. The number of piperidine rings is 1. The second-order valence-corrected chi connectivity index (χ2v) is 12.0. The molecule has 2 fully saturated rings. The van der Waals surface area contributed by atoms with Crippen LogP contribution in [0.1, 0.15) is 68.6 Å². The minimum absolute atomic E-state index is 0. The number of likely N-dealkylation sites (tertiary alicyclic amines) is 1. The quantitative estimate of drug-likeness (QED) is 0.350. The van der Waals surface area contributed by atoms with Crippen LogP contribution in [0.3, 0.4) is 0 Å². The van der Waals surface area contributed by atoms with Gasteiger partial charge >= 0.3 is 6.09 Å². The minimum atomic E-state index is -0.542. The smallest absolute Gasteiger partial charge is 0.410 e. The van der Waals surface area contributed by atoms with Gasteiger partial charge in [-0.2, -0.15) is 0 Å². The molecule has 2 heterocycles. The van der Waals surface area contributed by atoms with Crippen LogP contribution in [0, 0.1) is 0 Å². The van der Waals surface area contributed by atoms with E-state index in [-0.39, 0.29) is 31.4 Å². The van der Waals surface area contributed by atoms with Crippen molar-refractivity contribution in [3.8, 4) is 22.9 Å². The van der Waals surface area contributed by atoms with Crippen molar-refractivity contribution in [3.05, 3.63) is 66.0 Å². The second-order valence-electron chi connectivity index (χ2n) is 12.0. The summed E-state index contributed by atoms with van der Waals surface area (Å²) in [7, 11) is 3.09. The Morgan fingerprint density at radius 3 is 2.09 bits per heavy atom. The predicted octanol–water partition coefficient (Wildman–Crippen LogP) is 5.66. The summed E-state index contributed by atoms with van der Waals surface area (Å²) in [6.45, 7) is 6.67. The van der Waals surface area contributed by atoms with Crippen LogP contribution >= 0.6 is 0 Å². The molecule has 11 nitrogen and oxygen atoms in total. The highest BCUT2D eigenvalue weighted by atomic mass is 16.6. The molecule has 0 atom stereocenters. The normalized spacial score (nSPS) is 15.3. The lowest BCUT2D eigenvalue weighted by Crippen LogP contribution is -2.50. The van der Waals surface area contributed by atoms with Gasteiger partial charge in [0.25, 0.3) is 11.8 Å². The molecule has 2 aliphatic rings. The Kier molecular flexibility index (Phi) is 9.03. The number of amides is 3. The largest absolute Gasteiger partial charge is 0.497 e. The first kappa shape index (κ1) is 30.8. The van der Waals surface area contributed by atoms with E-state index in [0.717, 1.165) is 18.4 Å². The highest BCUT2D eigenvalue weighted by molar-refractivity contribution is 6.05. The first-order valence-corrected chi connectivity index (χ1v) is 14.8. The number of carbonyl (C=O) groups excluding carboxylic acids is 3. The lowest BCUT2D eigenvalue weighted by Gasteiger charge is -2.39. The van der Waals surface area contributed by atoms with Crippen molar-refractivity contribution in [3.63, 3.8) is 0 Å². The predicted molar refractivity (Wildman–Crippen MR) is 167 cm³/mol. The van der Waals surface area contributed by atoms with E-state index >= 15 is 0 Å². The van der Waals surface area contributed by atoms with Gasteiger partial charge in [0.1, 0.15) is 17.1 Å². The minimum Gasteiger partial charge on any atom is -0.497 e. The molecular weight excluding hydrogens is 562 g/mol. The fourth-order valence-electron chi connectivity index (χ4n) is 5.24. The molecule has 5 rings (SSSR count). The summed E-state index contributed by atoms with van der Waals surface area (Å²) in [5.41, 5.74) is 1.59. The zero-order chi connectivity index (χ0) is 31.4. The van der Waals surface area contributed by atoms with Gasteiger partial charge in [-0.3, -0.25) is 9.59 Å². The molecule has 3 amide bonds. The number of nitrogens with one attached hydrogen (secondary N) is 1. The number of carbonyl (C=O) groups is 3. The fraction of sp³-hybridized carbons (Fsp3) is 0.424. The molecule has 44 heavy (non-hydrogen) atoms. The van der Waals surface area contributed by atoms with E-state index in [4.69, 9.17) is 14.2 Å². The van der Waals surface area contributed by atoms with Gasteiger partial charge < -0.3 is 29.3 Å². The fourth-order valence-corrected chi connectivity index (χ4v) is 5.24. The van der Waals surface area contributed by atoms with Gasteiger partial charge in [0, 0.05) is 56.2 Å². The van der Waals surface area contributed by atoms with Crippen molar-refractivity contribution >= 4 is 23.6 Å². The van der Waals surface area contributed by atoms with E-state index in [1.807, 2.05) is 25.7 Å². The molecule has 0 spiro atoms. The number of rotatable bonds is 8. The second kappa shape index (κ2) is 12.9. The lowest BCUT2D eigenvalue weighted by atomic mass is 10.0. The zero-order valence-corrected chi connectivity index (χ0v) is 25.8. The Labute approximate surface area is 259 Å². The van der Waals surface area contributed by atoms with Crippen molar-refractivity contribution in [2.45, 2.75) is 64.1 Å². The molecule has 1 N–H and O–H groups in total. The maximum absolute atomic E-state index is 13.6. The van der Waals surface area contributed by atoms with Crippen LogP contribution in [0.15, 0.2) is 54.9 Å². The Morgan fingerprint density at radius 1 is 0.886 bits per heavy atom. The van der Waals surface area contributed by atoms with E-state index in [9.17, 15) is 14.4 Å². The highest BCUT2D eigenvalue weighted by Gasteiger charge is 2.40. The Balaban J connectivity index is 0.00000461. The number of aromatic nitrogens is 2. The molecule has 1 saturated heterocycles. The van der Waals surface area contributed by atoms with Crippen molar-refractivity contribution in [1.29, 1.82) is 0 Å². The van der Waals surface area contributed by atoms with Crippen LogP contribution in [-0.4, -0.2) is 82.7 Å². The topological polar surface area (TPSA) is 123 Å². The monoisotopic (exact) mass is 603 g/mol. The number of hydrogen-bond acceptors (Lipinski definition) is 8. The molecule has 0 bridgehead atoms. The number of hydrogen-bond donors (Lipinski definition) is 1. The van der Waals surface area contributed by atoms with E-state index in [1.54, 1.807) is 66.9 Å². The summed E-state index contributed by atoms with van der Waals surface area (Å²) in [5, 5.41) is 2.86. The molecule has 1 aromatic heterocycles. The number of nitrogens with zero attached hydrogens (tertiary/aromatic N) is 4. The van der Waals surface area contributed by atoms with Crippen LogP contribution in [-0.2, 0) is 4.74 Å². The molecule has 1 aliphatic carbocycles. The third-order valence-electron chi connectivity index (χ3n) is 7.65. The summed E-state index contributed by atoms with van der Waals surface area (Å²) < 4.78 is 16.1. The standard InChI is InChI=1S/C33H39N5O6.H2/c1-33(2,3)44-32(41)37-16-14-25(15-17-37)38(24-10-11-24)31(40)23-19-34-29(35-20-23)21-6-8-22(9-7-21)30(39)36-27-13-12-26(42-4)18-28(27)43-5;/h6-9,12-13,18-20,24-25H,10-11,14-17H2,1-5H3,(H,36,39);1H. The average Bonchev–Trinajstić information content (AvgIpc) is 3.86. The highest BCUT2D eigenvalue weighted by Crippen LogP contribution is 2.34. The van der Waals surface area contributed by atoms with Crippen LogP contribution in [0.4, 0.5) is 10.5 Å². The third kappa shape index (κ3) is 7.27. The van der Waals surface area contributed by atoms with Crippen molar-refractivity contribution in [1.82, 2.24) is 19.8 Å². The van der Waals surface area contributed by atoms with Crippen molar-refractivity contribution in [2.24, 2.45) is 0 Å². The molecule has 0 radical (unpaired) electrons. The number of ether oxygens (including phenoxy) is 3. The number of methoxy groups -OCH3 is 2. The maximum Gasteiger partial charge on any atom is 0.410 e. The Morgan fingerprint density at radius 2 is 1.52 bits per heavy atom. The van der Waals surface area contributed by atoms with Gasteiger partial charge in [-0.1, -0.05) is 12.1 Å². The van der Waals surface area contributed by atoms with Gasteiger partial charge in [-0.25, -0.2) is 14.8 Å². The zero-order valence-electron chi connectivity index (χ0n) is 25.8. The number of anilines is 1. The van der Waals surface area contributed by atoms with Crippen molar-refractivity contribution in [2.75, 3.05) is 32.6 Å². The average molecular weight is 604 g/mol. The van der Waals surface area contributed by atoms with E-state index in [0.29, 0.717) is 60.1 Å². The van der Waals surface area contributed by atoms with E-state index < -0.39 is 5.60 Å². The SMILES string of the molecule is COc1ccc(NC(=O)c2ccc(-c3ncc(C(=O)N(C4CC4)C4CCN(C(=O)OC(C)(C)C)CC4)cn3)cc2)c(OC)c1.[HH]. The summed E-state index contributed by atoms with van der Waals surface area (Å²) in [4.78, 5) is 51.6. The molecule has 0 unspecified atom stereocenters. The van der Waals surface area contributed by atoms with E-state index in [1.165, 1.54) is 7.11 Å².